The molecule has 4 heteroatoms. The SMILES string of the molecule is CCC1CCCC(NC(=O)c2cc(Br)ccc2Cl)C1. The standard InChI is InChI=1S/C15H19BrClNO/c1-2-10-4-3-5-12(8-10)18-15(19)13-9-11(16)6-7-14(13)17/h6-7,9-10,12H,2-5,8H2,1H3,(H,18,19). The molecule has 0 spiro atoms. The van der Waals surface area contributed by atoms with Crippen molar-refractivity contribution in [2.45, 2.75) is 45.1 Å². The fourth-order valence-electron chi connectivity index (χ4n) is 2.73. The number of halogens is 2. The van der Waals surface area contributed by atoms with Crippen LogP contribution in [0.1, 0.15) is 49.4 Å². The topological polar surface area (TPSA) is 29.1 Å². The zero-order chi connectivity index (χ0) is 13.8. The predicted octanol–water partition coefficient (Wildman–Crippen LogP) is 4.80. The molecular weight excluding hydrogens is 326 g/mol. The number of rotatable bonds is 3. The number of hydrogen-bond acceptors (Lipinski definition) is 1. The van der Waals surface area contributed by atoms with Crippen molar-refractivity contribution in [1.29, 1.82) is 0 Å². The molecule has 1 amide bonds. The number of benzene rings is 1. The van der Waals surface area contributed by atoms with Crippen LogP contribution in [0.5, 0.6) is 0 Å². The first-order valence-electron chi connectivity index (χ1n) is 6.86. The number of amides is 1. The molecule has 1 aromatic carbocycles. The summed E-state index contributed by atoms with van der Waals surface area (Å²) in [5.74, 6) is 0.685. The van der Waals surface area contributed by atoms with Gasteiger partial charge in [0.15, 0.2) is 0 Å². The van der Waals surface area contributed by atoms with E-state index in [4.69, 9.17) is 11.6 Å². The van der Waals surface area contributed by atoms with Crippen molar-refractivity contribution in [1.82, 2.24) is 5.32 Å². The Labute approximate surface area is 128 Å². The fraction of sp³-hybridized carbons (Fsp3) is 0.533. The molecule has 0 saturated heterocycles. The molecule has 19 heavy (non-hydrogen) atoms. The summed E-state index contributed by atoms with van der Waals surface area (Å²) in [4.78, 5) is 12.3. The molecule has 2 nitrogen and oxygen atoms in total. The van der Waals surface area contributed by atoms with Crippen LogP contribution in [0.2, 0.25) is 5.02 Å². The Kier molecular flexibility index (Phi) is 5.28. The fourth-order valence-corrected chi connectivity index (χ4v) is 3.29. The second-order valence-corrected chi connectivity index (χ2v) is 6.56. The smallest absolute Gasteiger partial charge is 0.253 e. The minimum Gasteiger partial charge on any atom is -0.349 e. The molecule has 0 bridgehead atoms. The lowest BCUT2D eigenvalue weighted by atomic mass is 9.84. The van der Waals surface area contributed by atoms with Crippen molar-refractivity contribution in [3.05, 3.63) is 33.3 Å². The maximum absolute atomic E-state index is 12.3. The van der Waals surface area contributed by atoms with Gasteiger partial charge in [-0.25, -0.2) is 0 Å². The van der Waals surface area contributed by atoms with Gasteiger partial charge in [0.2, 0.25) is 0 Å². The van der Waals surface area contributed by atoms with Crippen LogP contribution in [0.3, 0.4) is 0 Å². The van der Waals surface area contributed by atoms with Crippen LogP contribution in [0, 0.1) is 5.92 Å². The average molecular weight is 345 g/mol. The number of carbonyl (C=O) groups excluding carboxylic acids is 1. The zero-order valence-electron chi connectivity index (χ0n) is 11.1. The van der Waals surface area contributed by atoms with Gasteiger partial charge in [-0.05, 0) is 37.0 Å². The normalized spacial score (nSPS) is 23.1. The highest BCUT2D eigenvalue weighted by molar-refractivity contribution is 9.10. The Morgan fingerprint density at radius 1 is 1.47 bits per heavy atom. The van der Waals surface area contributed by atoms with Crippen molar-refractivity contribution in [3.8, 4) is 0 Å². The first-order chi connectivity index (χ1) is 9.10. The lowest BCUT2D eigenvalue weighted by molar-refractivity contribution is 0.0919. The molecule has 104 valence electrons. The molecule has 1 aliphatic carbocycles. The first kappa shape index (κ1) is 14.9. The van der Waals surface area contributed by atoms with Gasteiger partial charge in [-0.15, -0.1) is 0 Å². The van der Waals surface area contributed by atoms with Gasteiger partial charge in [-0.1, -0.05) is 53.7 Å². The minimum atomic E-state index is -0.0620. The molecule has 1 aromatic rings. The number of carbonyl (C=O) groups is 1. The van der Waals surface area contributed by atoms with Crippen molar-refractivity contribution >= 4 is 33.4 Å². The van der Waals surface area contributed by atoms with Crippen molar-refractivity contribution in [3.63, 3.8) is 0 Å². The molecule has 1 aliphatic rings. The third kappa shape index (κ3) is 3.96. The summed E-state index contributed by atoms with van der Waals surface area (Å²) in [6.45, 7) is 2.22. The van der Waals surface area contributed by atoms with E-state index >= 15 is 0 Å². The maximum Gasteiger partial charge on any atom is 0.253 e. The van der Waals surface area contributed by atoms with Crippen LogP contribution >= 0.6 is 27.5 Å². The molecule has 2 unspecified atom stereocenters. The lowest BCUT2D eigenvalue weighted by Crippen LogP contribution is -2.38. The Morgan fingerprint density at radius 3 is 3.00 bits per heavy atom. The van der Waals surface area contributed by atoms with Crippen LogP contribution in [-0.2, 0) is 0 Å². The van der Waals surface area contributed by atoms with Gasteiger partial charge in [0.05, 0.1) is 10.6 Å². The lowest BCUT2D eigenvalue weighted by Gasteiger charge is -2.29. The molecule has 2 atom stereocenters. The first-order valence-corrected chi connectivity index (χ1v) is 8.03. The van der Waals surface area contributed by atoms with Crippen LogP contribution < -0.4 is 5.32 Å². The van der Waals surface area contributed by atoms with Crippen LogP contribution in [0.15, 0.2) is 22.7 Å². The Balaban J connectivity index is 2.02. The van der Waals surface area contributed by atoms with Gasteiger partial charge >= 0.3 is 0 Å². The van der Waals surface area contributed by atoms with E-state index in [-0.39, 0.29) is 5.91 Å². The number of nitrogens with one attached hydrogen (secondary N) is 1. The quantitative estimate of drug-likeness (QED) is 0.838. The highest BCUT2D eigenvalue weighted by atomic mass is 79.9. The summed E-state index contributed by atoms with van der Waals surface area (Å²) < 4.78 is 0.872. The highest BCUT2D eigenvalue weighted by Crippen LogP contribution is 2.27. The van der Waals surface area contributed by atoms with E-state index in [9.17, 15) is 4.79 Å². The molecule has 0 aromatic heterocycles. The molecule has 2 rings (SSSR count). The van der Waals surface area contributed by atoms with E-state index in [2.05, 4.69) is 28.2 Å². The minimum absolute atomic E-state index is 0.0620. The predicted molar refractivity (Wildman–Crippen MR) is 82.7 cm³/mol. The molecule has 1 fully saturated rings. The van der Waals surface area contributed by atoms with Gasteiger partial charge in [-0.3, -0.25) is 4.79 Å². The van der Waals surface area contributed by atoms with E-state index in [1.807, 2.05) is 6.07 Å². The average Bonchev–Trinajstić information content (AvgIpc) is 2.41. The van der Waals surface area contributed by atoms with Crippen LogP contribution in [0.25, 0.3) is 0 Å². The van der Waals surface area contributed by atoms with Crippen LogP contribution in [-0.4, -0.2) is 11.9 Å². The molecule has 0 heterocycles. The van der Waals surface area contributed by atoms with E-state index in [1.54, 1.807) is 12.1 Å². The summed E-state index contributed by atoms with van der Waals surface area (Å²) in [7, 11) is 0. The molecular formula is C15H19BrClNO. The monoisotopic (exact) mass is 343 g/mol. The largest absolute Gasteiger partial charge is 0.349 e. The maximum atomic E-state index is 12.3. The second kappa shape index (κ2) is 6.76. The number of hydrogen-bond donors (Lipinski definition) is 1. The van der Waals surface area contributed by atoms with Gasteiger partial charge in [0.25, 0.3) is 5.91 Å². The molecule has 0 aliphatic heterocycles. The van der Waals surface area contributed by atoms with Gasteiger partial charge in [0, 0.05) is 10.5 Å². The zero-order valence-corrected chi connectivity index (χ0v) is 13.4. The van der Waals surface area contributed by atoms with E-state index in [1.165, 1.54) is 19.3 Å². The third-order valence-electron chi connectivity index (χ3n) is 3.87. The third-order valence-corrected chi connectivity index (χ3v) is 4.69. The van der Waals surface area contributed by atoms with Crippen molar-refractivity contribution in [2.75, 3.05) is 0 Å². The summed E-state index contributed by atoms with van der Waals surface area (Å²) in [5, 5.41) is 3.63. The second-order valence-electron chi connectivity index (χ2n) is 5.24. The van der Waals surface area contributed by atoms with Gasteiger partial charge in [0.1, 0.15) is 0 Å². The van der Waals surface area contributed by atoms with Crippen LogP contribution in [0.4, 0.5) is 0 Å². The molecule has 0 radical (unpaired) electrons. The summed E-state index contributed by atoms with van der Waals surface area (Å²) >= 11 is 9.45. The van der Waals surface area contributed by atoms with Gasteiger partial charge in [-0.2, -0.15) is 0 Å². The van der Waals surface area contributed by atoms with E-state index in [0.717, 1.165) is 23.2 Å². The Bertz CT molecular complexity index is 463. The summed E-state index contributed by atoms with van der Waals surface area (Å²) in [6, 6.07) is 5.65. The van der Waals surface area contributed by atoms with Crippen molar-refractivity contribution < 1.29 is 4.79 Å². The Morgan fingerprint density at radius 2 is 2.26 bits per heavy atom. The van der Waals surface area contributed by atoms with E-state index < -0.39 is 0 Å². The molecule has 1 N–H and O–H groups in total. The van der Waals surface area contributed by atoms with Gasteiger partial charge < -0.3 is 5.32 Å². The van der Waals surface area contributed by atoms with E-state index in [0.29, 0.717) is 16.6 Å². The summed E-state index contributed by atoms with van der Waals surface area (Å²) in [5.41, 5.74) is 0.551. The molecule has 1 saturated carbocycles. The highest BCUT2D eigenvalue weighted by Gasteiger charge is 2.23. The van der Waals surface area contributed by atoms with Crippen molar-refractivity contribution in [2.24, 2.45) is 5.92 Å². The summed E-state index contributed by atoms with van der Waals surface area (Å²) in [6.07, 6.45) is 5.86. The Hall–Kier alpha value is -0.540.